The molecule has 3 N–H and O–H groups in total. The van der Waals surface area contributed by atoms with Crippen molar-refractivity contribution < 1.29 is 17.9 Å². The van der Waals surface area contributed by atoms with Gasteiger partial charge in [-0.05, 0) is 12.3 Å². The number of methoxy groups -OCH3 is 2. The van der Waals surface area contributed by atoms with Gasteiger partial charge in [-0.15, -0.1) is 0 Å². The van der Waals surface area contributed by atoms with Crippen LogP contribution in [-0.4, -0.2) is 40.7 Å². The van der Waals surface area contributed by atoms with E-state index in [4.69, 9.17) is 15.2 Å². The first-order valence-corrected chi connectivity index (χ1v) is 9.14. The number of benzene rings is 1. The zero-order valence-corrected chi connectivity index (χ0v) is 14.3. The maximum atomic E-state index is 12.3. The van der Waals surface area contributed by atoms with Crippen molar-refractivity contribution in [3.8, 4) is 11.5 Å². The van der Waals surface area contributed by atoms with Crippen LogP contribution in [0.25, 0.3) is 0 Å². The van der Waals surface area contributed by atoms with Crippen LogP contribution in [0, 0.1) is 0 Å². The second-order valence-corrected chi connectivity index (χ2v) is 7.46. The van der Waals surface area contributed by atoms with Gasteiger partial charge in [-0.2, -0.15) is 11.8 Å². The lowest BCUT2D eigenvalue weighted by molar-refractivity contribution is 0.350. The summed E-state index contributed by atoms with van der Waals surface area (Å²) in [4.78, 5) is 0.119. The highest BCUT2D eigenvalue weighted by Crippen LogP contribution is 2.33. The molecule has 0 spiro atoms. The van der Waals surface area contributed by atoms with E-state index in [2.05, 4.69) is 4.72 Å². The van der Waals surface area contributed by atoms with Crippen molar-refractivity contribution in [1.82, 2.24) is 4.72 Å². The number of nitrogens with one attached hydrogen (secondary N) is 1. The van der Waals surface area contributed by atoms with Crippen LogP contribution in [0.3, 0.4) is 0 Å². The quantitative estimate of drug-likeness (QED) is 0.742. The van der Waals surface area contributed by atoms with Crippen LogP contribution in [0.4, 0.5) is 0 Å². The Hall–Kier alpha value is -0.960. The summed E-state index contributed by atoms with van der Waals surface area (Å²) < 4.78 is 37.6. The summed E-state index contributed by atoms with van der Waals surface area (Å²) in [6.45, 7) is 2.47. The lowest BCUT2D eigenvalue weighted by Crippen LogP contribution is -2.29. The third-order valence-electron chi connectivity index (χ3n) is 3.02. The topological polar surface area (TPSA) is 90.7 Å². The zero-order chi connectivity index (χ0) is 16.0. The third-order valence-corrected chi connectivity index (χ3v) is 5.40. The zero-order valence-electron chi connectivity index (χ0n) is 12.7. The van der Waals surface area contributed by atoms with Crippen LogP contribution in [0.2, 0.25) is 0 Å². The monoisotopic (exact) mass is 334 g/mol. The Morgan fingerprint density at radius 3 is 2.48 bits per heavy atom. The summed E-state index contributed by atoms with van der Waals surface area (Å²) in [5.74, 6) is 0.801. The maximum absolute atomic E-state index is 12.3. The molecule has 1 rings (SSSR count). The van der Waals surface area contributed by atoms with E-state index in [0.29, 0.717) is 23.6 Å². The van der Waals surface area contributed by atoms with Crippen molar-refractivity contribution >= 4 is 21.8 Å². The van der Waals surface area contributed by atoms with Gasteiger partial charge in [0.15, 0.2) is 11.5 Å². The molecule has 0 amide bonds. The molecule has 1 aromatic rings. The normalized spacial score (nSPS) is 13.0. The average Bonchev–Trinajstić information content (AvgIpc) is 2.50. The lowest BCUT2D eigenvalue weighted by Gasteiger charge is -2.15. The van der Waals surface area contributed by atoms with Crippen LogP contribution in [0.1, 0.15) is 12.5 Å². The number of sulfonamides is 1. The Morgan fingerprint density at radius 2 is 2.00 bits per heavy atom. The Morgan fingerprint density at radius 1 is 1.33 bits per heavy atom. The highest BCUT2D eigenvalue weighted by Gasteiger charge is 2.20. The van der Waals surface area contributed by atoms with Crippen molar-refractivity contribution in [2.24, 2.45) is 5.73 Å². The SMILES string of the molecule is COc1cc(S(=O)(=O)NCC(C)SC)cc(CN)c1OC. The molecule has 120 valence electrons. The minimum absolute atomic E-state index is 0.119. The van der Waals surface area contributed by atoms with Gasteiger partial charge in [0.25, 0.3) is 0 Å². The molecular weight excluding hydrogens is 312 g/mol. The molecule has 0 radical (unpaired) electrons. The van der Waals surface area contributed by atoms with Gasteiger partial charge in [-0.1, -0.05) is 6.92 Å². The van der Waals surface area contributed by atoms with Crippen molar-refractivity contribution in [1.29, 1.82) is 0 Å². The van der Waals surface area contributed by atoms with E-state index in [1.165, 1.54) is 26.4 Å². The van der Waals surface area contributed by atoms with Crippen molar-refractivity contribution in [3.63, 3.8) is 0 Å². The Labute approximate surface area is 130 Å². The molecule has 0 aliphatic heterocycles. The Bertz CT molecular complexity index is 551. The van der Waals surface area contributed by atoms with Crippen LogP contribution >= 0.6 is 11.8 Å². The minimum atomic E-state index is -3.61. The molecule has 0 saturated carbocycles. The highest BCUT2D eigenvalue weighted by molar-refractivity contribution is 7.99. The first-order valence-electron chi connectivity index (χ1n) is 6.37. The standard InChI is InChI=1S/C13H22N2O4S2/c1-9(20-4)8-15-21(16,17)11-5-10(7-14)13(19-3)12(6-11)18-2/h5-6,9,15H,7-8,14H2,1-4H3. The molecule has 0 heterocycles. The van der Waals surface area contributed by atoms with Crippen molar-refractivity contribution in [3.05, 3.63) is 17.7 Å². The molecule has 6 nitrogen and oxygen atoms in total. The molecule has 0 saturated heterocycles. The number of ether oxygens (including phenoxy) is 2. The van der Waals surface area contributed by atoms with Gasteiger partial charge in [-0.3, -0.25) is 0 Å². The Kier molecular flexibility index (Phi) is 6.79. The lowest BCUT2D eigenvalue weighted by atomic mass is 10.2. The first kappa shape index (κ1) is 18.1. The van der Waals surface area contributed by atoms with Crippen molar-refractivity contribution in [2.45, 2.75) is 23.6 Å². The van der Waals surface area contributed by atoms with Gasteiger partial charge in [0.05, 0.1) is 19.1 Å². The van der Waals surface area contributed by atoms with E-state index in [9.17, 15) is 8.42 Å². The van der Waals surface area contributed by atoms with Gasteiger partial charge in [-0.25, -0.2) is 13.1 Å². The summed E-state index contributed by atoms with van der Waals surface area (Å²) in [5, 5.41) is 0.189. The van der Waals surface area contributed by atoms with E-state index in [0.717, 1.165) is 0 Å². The van der Waals surface area contributed by atoms with E-state index in [1.807, 2.05) is 13.2 Å². The van der Waals surface area contributed by atoms with Gasteiger partial charge in [0, 0.05) is 30.0 Å². The maximum Gasteiger partial charge on any atom is 0.240 e. The molecule has 1 aromatic carbocycles. The van der Waals surface area contributed by atoms with E-state index < -0.39 is 10.0 Å². The fourth-order valence-electron chi connectivity index (χ4n) is 1.72. The third kappa shape index (κ3) is 4.50. The second kappa shape index (κ2) is 7.88. The van der Waals surface area contributed by atoms with Crippen LogP contribution < -0.4 is 19.9 Å². The second-order valence-electron chi connectivity index (χ2n) is 4.42. The Balaban J connectivity index is 3.17. The summed E-state index contributed by atoms with van der Waals surface area (Å²) in [6, 6.07) is 2.94. The molecule has 0 bridgehead atoms. The number of rotatable bonds is 8. The predicted octanol–water partition coefficient (Wildman–Crippen LogP) is 1.19. The molecule has 0 fully saturated rings. The van der Waals surface area contributed by atoms with Crippen molar-refractivity contribution in [2.75, 3.05) is 27.0 Å². The number of hydrogen-bond donors (Lipinski definition) is 2. The number of thioether (sulfide) groups is 1. The smallest absolute Gasteiger partial charge is 0.240 e. The fraction of sp³-hybridized carbons (Fsp3) is 0.538. The first-order chi connectivity index (χ1) is 9.89. The van der Waals surface area contributed by atoms with Gasteiger partial charge < -0.3 is 15.2 Å². The summed E-state index contributed by atoms with van der Waals surface area (Å²) in [5.41, 5.74) is 6.23. The van der Waals surface area contributed by atoms with Crippen LogP contribution in [0.15, 0.2) is 17.0 Å². The average molecular weight is 334 g/mol. The number of nitrogens with two attached hydrogens (primary N) is 1. The van der Waals surface area contributed by atoms with E-state index in [1.54, 1.807) is 11.8 Å². The summed E-state index contributed by atoms with van der Waals surface area (Å²) in [7, 11) is -0.664. The molecule has 21 heavy (non-hydrogen) atoms. The molecule has 0 aliphatic rings. The molecule has 8 heteroatoms. The van der Waals surface area contributed by atoms with E-state index in [-0.39, 0.29) is 16.7 Å². The molecule has 1 unspecified atom stereocenters. The fourth-order valence-corrected chi connectivity index (χ4v) is 3.27. The summed E-state index contributed by atoms with van der Waals surface area (Å²) >= 11 is 1.59. The molecule has 0 aromatic heterocycles. The largest absolute Gasteiger partial charge is 0.493 e. The highest BCUT2D eigenvalue weighted by atomic mass is 32.2. The summed E-state index contributed by atoms with van der Waals surface area (Å²) in [6.07, 6.45) is 1.93. The van der Waals surface area contributed by atoms with E-state index >= 15 is 0 Å². The number of hydrogen-bond acceptors (Lipinski definition) is 6. The van der Waals surface area contributed by atoms with Gasteiger partial charge in [0.2, 0.25) is 10.0 Å². The van der Waals surface area contributed by atoms with Gasteiger partial charge in [0.1, 0.15) is 0 Å². The molecule has 0 aliphatic carbocycles. The molecule has 1 atom stereocenters. The minimum Gasteiger partial charge on any atom is -0.493 e. The van der Waals surface area contributed by atoms with Gasteiger partial charge >= 0.3 is 0 Å². The molecular formula is C13H22N2O4S2. The van der Waals surface area contributed by atoms with Crippen LogP contribution in [0.5, 0.6) is 11.5 Å². The van der Waals surface area contributed by atoms with Crippen LogP contribution in [-0.2, 0) is 16.6 Å². The predicted molar refractivity (Wildman–Crippen MR) is 85.6 cm³/mol.